The molecule has 4 heteroatoms. The van der Waals surface area contributed by atoms with Crippen LogP contribution in [0.15, 0.2) is 18.5 Å². The first-order chi connectivity index (χ1) is 7.88. The van der Waals surface area contributed by atoms with E-state index in [0.717, 1.165) is 37.5 Å². The van der Waals surface area contributed by atoms with Crippen LogP contribution < -0.4 is 5.32 Å². The lowest BCUT2D eigenvalue weighted by atomic mass is 9.99. The number of hydrogen-bond acceptors (Lipinski definition) is 3. The molecular formula is C12H16N4. The molecule has 0 aromatic carbocycles. The second kappa shape index (κ2) is 3.87. The summed E-state index contributed by atoms with van der Waals surface area (Å²) in [5, 5.41) is 3.30. The zero-order valence-corrected chi connectivity index (χ0v) is 9.48. The minimum absolute atomic E-state index is 0.759. The van der Waals surface area contributed by atoms with E-state index in [2.05, 4.69) is 26.8 Å². The lowest BCUT2D eigenvalue weighted by Crippen LogP contribution is -2.43. The maximum atomic E-state index is 4.68. The molecule has 1 aliphatic rings. The fraction of sp³-hybridized carbons (Fsp3) is 0.500. The molecular weight excluding hydrogens is 200 g/mol. The number of hydrogen-bond donors (Lipinski definition) is 1. The lowest BCUT2D eigenvalue weighted by Gasteiger charge is -2.26. The van der Waals surface area contributed by atoms with Gasteiger partial charge < -0.3 is 9.88 Å². The molecule has 0 spiro atoms. The summed E-state index contributed by atoms with van der Waals surface area (Å²) in [6.07, 6.45) is 4.77. The molecule has 0 amide bonds. The van der Waals surface area contributed by atoms with Gasteiger partial charge in [-0.05, 0) is 32.0 Å². The average Bonchev–Trinajstić information content (AvgIpc) is 2.60. The summed E-state index contributed by atoms with van der Waals surface area (Å²) in [6.45, 7) is 5.41. The van der Waals surface area contributed by atoms with Crippen LogP contribution in [-0.2, 0) is 13.0 Å². The van der Waals surface area contributed by atoms with Crippen molar-refractivity contribution in [2.24, 2.45) is 5.92 Å². The fourth-order valence-electron chi connectivity index (χ4n) is 2.29. The number of aryl methyl sites for hydroxylation is 1. The molecule has 1 aliphatic heterocycles. The van der Waals surface area contributed by atoms with Crippen LogP contribution in [0.4, 0.5) is 0 Å². The highest BCUT2D eigenvalue weighted by Crippen LogP contribution is 2.18. The molecule has 2 aromatic rings. The number of imidazole rings is 1. The van der Waals surface area contributed by atoms with E-state index in [4.69, 9.17) is 0 Å². The Kier molecular flexibility index (Phi) is 2.36. The third kappa shape index (κ3) is 1.50. The zero-order chi connectivity index (χ0) is 11.0. The number of pyridine rings is 1. The highest BCUT2D eigenvalue weighted by molar-refractivity contribution is 5.74. The van der Waals surface area contributed by atoms with Crippen molar-refractivity contribution in [3.63, 3.8) is 0 Å². The molecule has 4 nitrogen and oxygen atoms in total. The number of rotatable bonds is 3. The molecule has 0 radical (unpaired) electrons. The van der Waals surface area contributed by atoms with Gasteiger partial charge in [-0.2, -0.15) is 0 Å². The number of fused-ring (bicyclic) bond motifs is 1. The van der Waals surface area contributed by atoms with Crippen molar-refractivity contribution in [1.82, 2.24) is 19.9 Å². The highest BCUT2D eigenvalue weighted by atomic mass is 15.1. The van der Waals surface area contributed by atoms with Gasteiger partial charge in [0.15, 0.2) is 0 Å². The SMILES string of the molecule is CCn1c(CC2CNC2)nc2cnccc21. The summed E-state index contributed by atoms with van der Waals surface area (Å²) in [7, 11) is 0. The molecule has 0 saturated carbocycles. The first kappa shape index (κ1) is 9.78. The van der Waals surface area contributed by atoms with E-state index in [0.29, 0.717) is 0 Å². The van der Waals surface area contributed by atoms with Crippen LogP contribution in [0.1, 0.15) is 12.7 Å². The summed E-state index contributed by atoms with van der Waals surface area (Å²) in [4.78, 5) is 8.80. The first-order valence-electron chi connectivity index (χ1n) is 5.88. The van der Waals surface area contributed by atoms with Gasteiger partial charge in [-0.3, -0.25) is 4.98 Å². The molecule has 0 atom stereocenters. The Hall–Kier alpha value is -1.42. The first-order valence-corrected chi connectivity index (χ1v) is 5.88. The van der Waals surface area contributed by atoms with E-state index in [1.54, 1.807) is 0 Å². The molecule has 2 aromatic heterocycles. The lowest BCUT2D eigenvalue weighted by molar-refractivity contribution is 0.338. The smallest absolute Gasteiger partial charge is 0.110 e. The third-order valence-electron chi connectivity index (χ3n) is 3.28. The van der Waals surface area contributed by atoms with Crippen molar-refractivity contribution in [3.05, 3.63) is 24.3 Å². The monoisotopic (exact) mass is 216 g/mol. The van der Waals surface area contributed by atoms with Gasteiger partial charge in [0.25, 0.3) is 0 Å². The van der Waals surface area contributed by atoms with Crippen LogP contribution in [0.2, 0.25) is 0 Å². The van der Waals surface area contributed by atoms with E-state index in [-0.39, 0.29) is 0 Å². The van der Waals surface area contributed by atoms with Gasteiger partial charge in [0, 0.05) is 19.2 Å². The van der Waals surface area contributed by atoms with Gasteiger partial charge in [0.05, 0.1) is 11.7 Å². The molecule has 0 unspecified atom stereocenters. The Labute approximate surface area is 94.7 Å². The van der Waals surface area contributed by atoms with Gasteiger partial charge in [0.1, 0.15) is 11.3 Å². The summed E-state index contributed by atoms with van der Waals surface area (Å²) >= 11 is 0. The van der Waals surface area contributed by atoms with Gasteiger partial charge in [0.2, 0.25) is 0 Å². The number of nitrogens with zero attached hydrogens (tertiary/aromatic N) is 3. The molecule has 1 fully saturated rings. The van der Waals surface area contributed by atoms with Crippen molar-refractivity contribution in [1.29, 1.82) is 0 Å². The second-order valence-electron chi connectivity index (χ2n) is 4.37. The normalized spacial score (nSPS) is 16.6. The van der Waals surface area contributed by atoms with Gasteiger partial charge in [-0.15, -0.1) is 0 Å². The predicted octanol–water partition coefficient (Wildman–Crippen LogP) is 1.21. The molecule has 0 aliphatic carbocycles. The largest absolute Gasteiger partial charge is 0.328 e. The van der Waals surface area contributed by atoms with Gasteiger partial charge in [-0.25, -0.2) is 4.98 Å². The minimum atomic E-state index is 0.759. The number of nitrogens with one attached hydrogen (secondary N) is 1. The fourth-order valence-corrected chi connectivity index (χ4v) is 2.29. The summed E-state index contributed by atoms with van der Waals surface area (Å²) in [6, 6.07) is 2.05. The second-order valence-corrected chi connectivity index (χ2v) is 4.37. The van der Waals surface area contributed by atoms with Gasteiger partial charge in [-0.1, -0.05) is 0 Å². The molecule has 1 saturated heterocycles. The summed E-state index contributed by atoms with van der Waals surface area (Å²) in [5.74, 6) is 1.96. The third-order valence-corrected chi connectivity index (χ3v) is 3.28. The Morgan fingerprint density at radius 2 is 2.38 bits per heavy atom. The maximum Gasteiger partial charge on any atom is 0.110 e. The Bertz CT molecular complexity index is 499. The number of aromatic nitrogens is 3. The summed E-state index contributed by atoms with van der Waals surface area (Å²) in [5.41, 5.74) is 2.23. The van der Waals surface area contributed by atoms with Crippen molar-refractivity contribution in [2.75, 3.05) is 13.1 Å². The van der Waals surface area contributed by atoms with E-state index < -0.39 is 0 Å². The van der Waals surface area contributed by atoms with E-state index in [1.807, 2.05) is 18.5 Å². The molecule has 0 bridgehead atoms. The molecule has 3 heterocycles. The predicted molar refractivity (Wildman–Crippen MR) is 63.3 cm³/mol. The molecule has 1 N–H and O–H groups in total. The molecule has 84 valence electrons. The van der Waals surface area contributed by atoms with Crippen LogP contribution in [0.5, 0.6) is 0 Å². The van der Waals surface area contributed by atoms with E-state index in [9.17, 15) is 0 Å². The van der Waals surface area contributed by atoms with Crippen LogP contribution in [-0.4, -0.2) is 27.6 Å². The average molecular weight is 216 g/mol. The summed E-state index contributed by atoms with van der Waals surface area (Å²) < 4.78 is 2.30. The highest BCUT2D eigenvalue weighted by Gasteiger charge is 2.20. The Balaban J connectivity index is 2.01. The topological polar surface area (TPSA) is 42.7 Å². The Morgan fingerprint density at radius 1 is 1.50 bits per heavy atom. The minimum Gasteiger partial charge on any atom is -0.328 e. The van der Waals surface area contributed by atoms with Gasteiger partial charge >= 0.3 is 0 Å². The quantitative estimate of drug-likeness (QED) is 0.838. The van der Waals surface area contributed by atoms with Crippen LogP contribution in [0.3, 0.4) is 0 Å². The van der Waals surface area contributed by atoms with Crippen LogP contribution in [0, 0.1) is 5.92 Å². The van der Waals surface area contributed by atoms with E-state index >= 15 is 0 Å². The zero-order valence-electron chi connectivity index (χ0n) is 9.48. The van der Waals surface area contributed by atoms with E-state index in [1.165, 1.54) is 11.3 Å². The molecule has 16 heavy (non-hydrogen) atoms. The van der Waals surface area contributed by atoms with Crippen LogP contribution >= 0.6 is 0 Å². The van der Waals surface area contributed by atoms with Crippen molar-refractivity contribution < 1.29 is 0 Å². The van der Waals surface area contributed by atoms with Crippen molar-refractivity contribution >= 4 is 11.0 Å². The Morgan fingerprint density at radius 3 is 3.06 bits per heavy atom. The standard InChI is InChI=1S/C12H16N4/c1-2-16-11-3-4-13-8-10(11)15-12(16)5-9-6-14-7-9/h3-4,8-9,14H,2,5-7H2,1H3. The molecule has 3 rings (SSSR count). The van der Waals surface area contributed by atoms with Crippen molar-refractivity contribution in [3.8, 4) is 0 Å². The van der Waals surface area contributed by atoms with Crippen molar-refractivity contribution in [2.45, 2.75) is 19.9 Å². The van der Waals surface area contributed by atoms with Crippen LogP contribution in [0.25, 0.3) is 11.0 Å². The maximum absolute atomic E-state index is 4.68.